The average Bonchev–Trinajstić information content (AvgIpc) is 2.65. The maximum atomic E-state index is 12.5. The highest BCUT2D eigenvalue weighted by Crippen LogP contribution is 2.44. The van der Waals surface area contributed by atoms with E-state index in [2.05, 4.69) is 26.1 Å². The second kappa shape index (κ2) is 5.30. The predicted molar refractivity (Wildman–Crippen MR) is 78.8 cm³/mol. The Labute approximate surface area is 121 Å². The monoisotopic (exact) mass is 302 g/mol. The molecule has 2 aliphatic rings. The predicted octanol–water partition coefficient (Wildman–Crippen LogP) is 0.689. The van der Waals surface area contributed by atoms with Gasteiger partial charge in [0.05, 0.1) is 11.5 Å². The molecule has 0 aromatic carbocycles. The Bertz CT molecular complexity index is 487. The fraction of sp³-hybridized carbons (Fsp3) is 0.929. The number of hydrogen-bond acceptors (Lipinski definition) is 4. The van der Waals surface area contributed by atoms with Gasteiger partial charge in [0.25, 0.3) is 0 Å². The third kappa shape index (κ3) is 3.01. The molecule has 1 amide bonds. The number of nitrogens with two attached hydrogens (primary N) is 1. The van der Waals surface area contributed by atoms with E-state index in [4.69, 9.17) is 5.73 Å². The lowest BCUT2D eigenvalue weighted by molar-refractivity contribution is -0.133. The van der Waals surface area contributed by atoms with E-state index in [1.54, 1.807) is 0 Å². The standard InChI is InChI=1S/C14H26N2O3S/c1-9-12(15)5-4-11(14(9,2)3)13(17)16-10-6-7-20(18,19)8-10/h9-12H,4-8,15H2,1-3H3,(H,16,17). The molecule has 1 aliphatic carbocycles. The SMILES string of the molecule is CC1C(N)CCC(C(=O)NC2CCS(=O)(=O)C2)C1(C)C. The Morgan fingerprint density at radius 2 is 1.90 bits per heavy atom. The minimum Gasteiger partial charge on any atom is -0.352 e. The first-order valence-electron chi connectivity index (χ1n) is 7.40. The fourth-order valence-corrected chi connectivity index (χ4v) is 5.20. The van der Waals surface area contributed by atoms with Crippen LogP contribution >= 0.6 is 0 Å². The molecule has 1 saturated carbocycles. The van der Waals surface area contributed by atoms with E-state index in [0.29, 0.717) is 6.42 Å². The summed E-state index contributed by atoms with van der Waals surface area (Å²) in [6.45, 7) is 6.28. The van der Waals surface area contributed by atoms with Crippen LogP contribution in [0, 0.1) is 17.3 Å². The van der Waals surface area contributed by atoms with Crippen LogP contribution in [0.5, 0.6) is 0 Å². The molecule has 4 unspecified atom stereocenters. The first-order valence-corrected chi connectivity index (χ1v) is 9.22. The smallest absolute Gasteiger partial charge is 0.223 e. The zero-order chi connectivity index (χ0) is 15.1. The van der Waals surface area contributed by atoms with Crippen LogP contribution in [0.1, 0.15) is 40.0 Å². The molecule has 0 spiro atoms. The summed E-state index contributed by atoms with van der Waals surface area (Å²) in [7, 11) is -2.95. The molecule has 5 nitrogen and oxygen atoms in total. The van der Waals surface area contributed by atoms with Gasteiger partial charge in [-0.1, -0.05) is 20.8 Å². The summed E-state index contributed by atoms with van der Waals surface area (Å²) < 4.78 is 22.9. The highest BCUT2D eigenvalue weighted by molar-refractivity contribution is 7.91. The van der Waals surface area contributed by atoms with Crippen molar-refractivity contribution in [3.63, 3.8) is 0 Å². The van der Waals surface area contributed by atoms with Crippen molar-refractivity contribution in [1.29, 1.82) is 0 Å². The third-order valence-electron chi connectivity index (χ3n) is 5.40. The lowest BCUT2D eigenvalue weighted by Gasteiger charge is -2.46. The van der Waals surface area contributed by atoms with Crippen LogP contribution in [0.4, 0.5) is 0 Å². The van der Waals surface area contributed by atoms with Gasteiger partial charge in [-0.2, -0.15) is 0 Å². The van der Waals surface area contributed by atoms with Crippen molar-refractivity contribution in [2.24, 2.45) is 23.0 Å². The van der Waals surface area contributed by atoms with Gasteiger partial charge in [0.15, 0.2) is 9.84 Å². The van der Waals surface area contributed by atoms with Crippen LogP contribution in [-0.2, 0) is 14.6 Å². The number of hydrogen-bond donors (Lipinski definition) is 2. The molecule has 2 fully saturated rings. The molecule has 2 rings (SSSR count). The van der Waals surface area contributed by atoms with Crippen LogP contribution < -0.4 is 11.1 Å². The first kappa shape index (κ1) is 15.8. The van der Waals surface area contributed by atoms with Crippen LogP contribution in [0.25, 0.3) is 0 Å². The van der Waals surface area contributed by atoms with Crippen molar-refractivity contribution in [2.45, 2.75) is 52.1 Å². The van der Waals surface area contributed by atoms with Crippen LogP contribution in [0.15, 0.2) is 0 Å². The van der Waals surface area contributed by atoms with Gasteiger partial charge in [-0.25, -0.2) is 8.42 Å². The lowest BCUT2D eigenvalue weighted by Crippen LogP contribution is -2.53. The molecule has 1 saturated heterocycles. The molecule has 3 N–H and O–H groups in total. The third-order valence-corrected chi connectivity index (χ3v) is 7.17. The molecule has 20 heavy (non-hydrogen) atoms. The molecule has 1 heterocycles. The Kier molecular flexibility index (Phi) is 4.17. The van der Waals surface area contributed by atoms with Gasteiger partial charge in [0.2, 0.25) is 5.91 Å². The second-order valence-electron chi connectivity index (χ2n) is 7.01. The topological polar surface area (TPSA) is 89.3 Å². The van der Waals surface area contributed by atoms with E-state index in [-0.39, 0.29) is 46.7 Å². The summed E-state index contributed by atoms with van der Waals surface area (Å²) >= 11 is 0. The molecular weight excluding hydrogens is 276 g/mol. The molecule has 4 atom stereocenters. The molecular formula is C14H26N2O3S. The molecule has 0 aromatic rings. The average molecular weight is 302 g/mol. The summed E-state index contributed by atoms with van der Waals surface area (Å²) in [6, 6.07) is -0.0740. The number of amides is 1. The number of rotatable bonds is 2. The Morgan fingerprint density at radius 3 is 2.45 bits per heavy atom. The fourth-order valence-electron chi connectivity index (χ4n) is 3.53. The molecule has 0 aromatic heterocycles. The Hall–Kier alpha value is -0.620. The van der Waals surface area contributed by atoms with Crippen molar-refractivity contribution in [3.05, 3.63) is 0 Å². The van der Waals surface area contributed by atoms with Crippen molar-refractivity contribution >= 4 is 15.7 Å². The van der Waals surface area contributed by atoms with E-state index >= 15 is 0 Å². The van der Waals surface area contributed by atoms with Crippen LogP contribution in [0.3, 0.4) is 0 Å². The number of carbonyl (C=O) groups is 1. The van der Waals surface area contributed by atoms with E-state index < -0.39 is 9.84 Å². The van der Waals surface area contributed by atoms with Gasteiger partial charge in [0.1, 0.15) is 0 Å². The second-order valence-corrected chi connectivity index (χ2v) is 9.24. The van der Waals surface area contributed by atoms with Crippen molar-refractivity contribution in [1.82, 2.24) is 5.32 Å². The summed E-state index contributed by atoms with van der Waals surface area (Å²) in [6.07, 6.45) is 2.17. The van der Waals surface area contributed by atoms with Gasteiger partial charge in [0, 0.05) is 18.0 Å². The summed E-state index contributed by atoms with van der Waals surface area (Å²) in [5.74, 6) is 0.463. The van der Waals surface area contributed by atoms with Gasteiger partial charge in [-0.15, -0.1) is 0 Å². The highest BCUT2D eigenvalue weighted by atomic mass is 32.2. The van der Waals surface area contributed by atoms with E-state index in [1.165, 1.54) is 0 Å². The molecule has 0 radical (unpaired) electrons. The van der Waals surface area contributed by atoms with E-state index in [0.717, 1.165) is 12.8 Å². The van der Waals surface area contributed by atoms with Gasteiger partial charge < -0.3 is 11.1 Å². The number of carbonyl (C=O) groups excluding carboxylic acids is 1. The number of sulfone groups is 1. The van der Waals surface area contributed by atoms with Crippen molar-refractivity contribution < 1.29 is 13.2 Å². The van der Waals surface area contributed by atoms with Gasteiger partial charge >= 0.3 is 0 Å². The summed E-state index contributed by atoms with van der Waals surface area (Å²) in [5.41, 5.74) is 5.95. The lowest BCUT2D eigenvalue weighted by atomic mass is 9.61. The largest absolute Gasteiger partial charge is 0.352 e. The first-order chi connectivity index (χ1) is 9.13. The zero-order valence-electron chi connectivity index (χ0n) is 12.6. The van der Waals surface area contributed by atoms with E-state index in [9.17, 15) is 13.2 Å². The van der Waals surface area contributed by atoms with Gasteiger partial charge in [-0.3, -0.25) is 4.79 Å². The van der Waals surface area contributed by atoms with Crippen molar-refractivity contribution in [3.8, 4) is 0 Å². The molecule has 116 valence electrons. The van der Waals surface area contributed by atoms with Gasteiger partial charge in [-0.05, 0) is 30.6 Å². The van der Waals surface area contributed by atoms with E-state index in [1.807, 2.05) is 0 Å². The maximum absolute atomic E-state index is 12.5. The van der Waals surface area contributed by atoms with Crippen molar-refractivity contribution in [2.75, 3.05) is 11.5 Å². The van der Waals surface area contributed by atoms with Crippen LogP contribution in [0.2, 0.25) is 0 Å². The number of nitrogens with one attached hydrogen (secondary N) is 1. The summed E-state index contributed by atoms with van der Waals surface area (Å²) in [4.78, 5) is 12.5. The normalized spacial score (nSPS) is 39.4. The molecule has 1 aliphatic heterocycles. The Balaban J connectivity index is 2.02. The van der Waals surface area contributed by atoms with Crippen LogP contribution in [-0.4, -0.2) is 37.9 Å². The maximum Gasteiger partial charge on any atom is 0.223 e. The molecule has 0 bridgehead atoms. The zero-order valence-corrected chi connectivity index (χ0v) is 13.4. The summed E-state index contributed by atoms with van der Waals surface area (Å²) in [5, 5.41) is 2.94. The minimum absolute atomic E-state index is 0.00384. The highest BCUT2D eigenvalue weighted by Gasteiger charge is 2.45. The minimum atomic E-state index is -2.95. The Morgan fingerprint density at radius 1 is 1.25 bits per heavy atom. The quantitative estimate of drug-likeness (QED) is 0.785. The molecule has 6 heteroatoms.